The second-order valence-electron chi connectivity index (χ2n) is 6.05. The van der Waals surface area contributed by atoms with Gasteiger partial charge < -0.3 is 9.64 Å². The highest BCUT2D eigenvalue weighted by molar-refractivity contribution is 5.23. The molecule has 3 nitrogen and oxygen atoms in total. The van der Waals surface area contributed by atoms with Crippen LogP contribution in [0.5, 0.6) is 5.75 Å². The Morgan fingerprint density at radius 3 is 2.70 bits per heavy atom. The van der Waals surface area contributed by atoms with Gasteiger partial charge in [0.05, 0.1) is 0 Å². The summed E-state index contributed by atoms with van der Waals surface area (Å²) in [5.41, 5.74) is 1.30. The molecule has 0 atom stereocenters. The third-order valence-electron chi connectivity index (χ3n) is 4.33. The van der Waals surface area contributed by atoms with Gasteiger partial charge >= 0.3 is 0 Å². The molecule has 3 rings (SSSR count). The van der Waals surface area contributed by atoms with Gasteiger partial charge in [-0.2, -0.15) is 0 Å². The summed E-state index contributed by atoms with van der Waals surface area (Å²) < 4.78 is 19.4. The van der Waals surface area contributed by atoms with Crippen LogP contribution in [0.4, 0.5) is 4.39 Å². The maximum Gasteiger partial charge on any atom is 0.165 e. The maximum atomic E-state index is 13.6. The fraction of sp³-hybridized carbons (Fsp3) is 0.421. The number of halogens is 1. The number of aromatic nitrogens is 1. The molecule has 1 aromatic carbocycles. The van der Waals surface area contributed by atoms with Crippen LogP contribution in [0.2, 0.25) is 0 Å². The summed E-state index contributed by atoms with van der Waals surface area (Å²) >= 11 is 0. The van der Waals surface area contributed by atoms with E-state index in [9.17, 15) is 4.39 Å². The Morgan fingerprint density at radius 1 is 1.13 bits per heavy atom. The first-order valence-corrected chi connectivity index (χ1v) is 8.34. The predicted octanol–water partition coefficient (Wildman–Crippen LogP) is 3.70. The number of nitrogens with zero attached hydrogens (tertiary/aromatic N) is 2. The van der Waals surface area contributed by atoms with Gasteiger partial charge in [-0.3, -0.25) is 4.98 Å². The Labute approximate surface area is 137 Å². The molecule has 23 heavy (non-hydrogen) atoms. The smallest absolute Gasteiger partial charge is 0.165 e. The topological polar surface area (TPSA) is 25.4 Å². The fourth-order valence-electron chi connectivity index (χ4n) is 3.02. The molecule has 0 spiro atoms. The minimum absolute atomic E-state index is 0.126. The summed E-state index contributed by atoms with van der Waals surface area (Å²) in [5.74, 6) is 0.105. The lowest BCUT2D eigenvalue weighted by molar-refractivity contribution is 0.0966. The molecule has 1 fully saturated rings. The van der Waals surface area contributed by atoms with Gasteiger partial charge in [-0.25, -0.2) is 4.39 Å². The number of piperidine rings is 1. The van der Waals surface area contributed by atoms with Crippen molar-refractivity contribution in [3.8, 4) is 5.75 Å². The number of para-hydroxylation sites is 1. The molecule has 0 bridgehead atoms. The van der Waals surface area contributed by atoms with E-state index in [0.29, 0.717) is 5.75 Å². The van der Waals surface area contributed by atoms with Gasteiger partial charge in [0.2, 0.25) is 0 Å². The zero-order valence-corrected chi connectivity index (χ0v) is 13.3. The van der Waals surface area contributed by atoms with E-state index in [2.05, 4.69) is 16.0 Å². The molecule has 1 aliphatic heterocycles. The van der Waals surface area contributed by atoms with E-state index < -0.39 is 0 Å². The van der Waals surface area contributed by atoms with Gasteiger partial charge in [0.1, 0.15) is 6.10 Å². The lowest BCUT2D eigenvalue weighted by Gasteiger charge is -2.32. The van der Waals surface area contributed by atoms with Crippen LogP contribution in [0.25, 0.3) is 0 Å². The van der Waals surface area contributed by atoms with E-state index >= 15 is 0 Å². The molecular weight excluding hydrogens is 291 g/mol. The molecule has 122 valence electrons. The van der Waals surface area contributed by atoms with Gasteiger partial charge in [-0.05, 0) is 56.0 Å². The third kappa shape index (κ3) is 4.76. The minimum Gasteiger partial charge on any atom is -0.487 e. The number of likely N-dealkylation sites (tertiary alicyclic amines) is 1. The summed E-state index contributed by atoms with van der Waals surface area (Å²) in [6.45, 7) is 3.14. The first kappa shape index (κ1) is 15.9. The van der Waals surface area contributed by atoms with Crippen LogP contribution in [-0.4, -0.2) is 35.6 Å². The Balaban J connectivity index is 1.38. The van der Waals surface area contributed by atoms with Crippen molar-refractivity contribution >= 4 is 0 Å². The quantitative estimate of drug-likeness (QED) is 0.813. The second-order valence-corrected chi connectivity index (χ2v) is 6.05. The van der Waals surface area contributed by atoms with E-state index in [-0.39, 0.29) is 11.9 Å². The summed E-state index contributed by atoms with van der Waals surface area (Å²) in [4.78, 5) is 6.62. The van der Waals surface area contributed by atoms with Crippen molar-refractivity contribution in [1.29, 1.82) is 0 Å². The zero-order valence-electron chi connectivity index (χ0n) is 13.3. The fourth-order valence-corrected chi connectivity index (χ4v) is 3.02. The molecule has 0 unspecified atom stereocenters. The highest BCUT2D eigenvalue weighted by Gasteiger charge is 2.21. The van der Waals surface area contributed by atoms with E-state index in [1.165, 1.54) is 11.6 Å². The molecule has 1 aliphatic rings. The van der Waals surface area contributed by atoms with Gasteiger partial charge in [0.25, 0.3) is 0 Å². The van der Waals surface area contributed by atoms with Crippen LogP contribution >= 0.6 is 0 Å². The van der Waals surface area contributed by atoms with Crippen LogP contribution in [0.15, 0.2) is 48.8 Å². The van der Waals surface area contributed by atoms with Crippen molar-refractivity contribution in [2.45, 2.75) is 31.8 Å². The zero-order chi connectivity index (χ0) is 15.9. The average Bonchev–Trinajstić information content (AvgIpc) is 2.59. The summed E-state index contributed by atoms with van der Waals surface area (Å²) in [6, 6.07) is 10.8. The van der Waals surface area contributed by atoms with Crippen molar-refractivity contribution < 1.29 is 9.13 Å². The van der Waals surface area contributed by atoms with Gasteiger partial charge in [0, 0.05) is 25.5 Å². The lowest BCUT2D eigenvalue weighted by atomic mass is 10.1. The minimum atomic E-state index is -0.272. The number of rotatable bonds is 6. The highest BCUT2D eigenvalue weighted by atomic mass is 19.1. The normalized spacial score (nSPS) is 16.4. The molecule has 0 N–H and O–H groups in total. The summed E-state index contributed by atoms with van der Waals surface area (Å²) in [6.07, 6.45) is 8.01. The van der Waals surface area contributed by atoms with Gasteiger partial charge in [0.15, 0.2) is 11.6 Å². The van der Waals surface area contributed by atoms with Crippen molar-refractivity contribution in [3.63, 3.8) is 0 Å². The molecular formula is C19H23FN2O. The molecule has 2 heterocycles. The summed E-state index contributed by atoms with van der Waals surface area (Å²) in [7, 11) is 0. The number of hydrogen-bond acceptors (Lipinski definition) is 3. The van der Waals surface area contributed by atoms with Crippen molar-refractivity contribution in [1.82, 2.24) is 9.88 Å². The summed E-state index contributed by atoms with van der Waals surface area (Å²) in [5, 5.41) is 0. The van der Waals surface area contributed by atoms with E-state index in [4.69, 9.17) is 4.74 Å². The Bertz CT molecular complexity index is 597. The second kappa shape index (κ2) is 8.06. The van der Waals surface area contributed by atoms with E-state index in [1.54, 1.807) is 12.1 Å². The van der Waals surface area contributed by atoms with Crippen LogP contribution in [-0.2, 0) is 6.42 Å². The number of hydrogen-bond donors (Lipinski definition) is 0. The Kier molecular flexibility index (Phi) is 5.59. The molecule has 0 aliphatic carbocycles. The number of aryl methyl sites for hydroxylation is 1. The molecule has 1 saturated heterocycles. The number of ether oxygens (including phenoxy) is 1. The van der Waals surface area contributed by atoms with Crippen LogP contribution in [0.3, 0.4) is 0 Å². The Hall–Kier alpha value is -1.94. The van der Waals surface area contributed by atoms with Crippen LogP contribution < -0.4 is 4.74 Å². The SMILES string of the molecule is Fc1ccccc1OC1CCN(CCCc2cccnc2)CC1. The third-order valence-corrected chi connectivity index (χ3v) is 4.33. The van der Waals surface area contributed by atoms with Crippen molar-refractivity contribution in [2.75, 3.05) is 19.6 Å². The molecule has 1 aromatic heterocycles. The standard InChI is InChI=1S/C19H23FN2O/c20-18-7-1-2-8-19(18)23-17-9-13-22(14-10-17)12-4-6-16-5-3-11-21-15-16/h1-3,5,7-8,11,15,17H,4,6,9-10,12-14H2. The number of pyridine rings is 1. The van der Waals surface area contributed by atoms with Crippen molar-refractivity contribution in [2.24, 2.45) is 0 Å². The largest absolute Gasteiger partial charge is 0.487 e. The molecule has 4 heteroatoms. The highest BCUT2D eigenvalue weighted by Crippen LogP contribution is 2.21. The van der Waals surface area contributed by atoms with Gasteiger partial charge in [-0.15, -0.1) is 0 Å². The molecule has 0 radical (unpaired) electrons. The molecule has 0 saturated carbocycles. The first-order chi connectivity index (χ1) is 11.3. The van der Waals surface area contributed by atoms with Gasteiger partial charge in [-0.1, -0.05) is 18.2 Å². The molecule has 2 aromatic rings. The predicted molar refractivity (Wildman–Crippen MR) is 89.0 cm³/mol. The Morgan fingerprint density at radius 2 is 1.96 bits per heavy atom. The van der Waals surface area contributed by atoms with E-state index in [1.807, 2.05) is 24.5 Å². The van der Waals surface area contributed by atoms with Crippen LogP contribution in [0.1, 0.15) is 24.8 Å². The number of benzene rings is 1. The lowest BCUT2D eigenvalue weighted by Crippen LogP contribution is -2.38. The monoisotopic (exact) mass is 314 g/mol. The molecule has 0 amide bonds. The van der Waals surface area contributed by atoms with Crippen molar-refractivity contribution in [3.05, 3.63) is 60.2 Å². The average molecular weight is 314 g/mol. The van der Waals surface area contributed by atoms with E-state index in [0.717, 1.165) is 45.3 Å². The maximum absolute atomic E-state index is 13.6. The first-order valence-electron chi connectivity index (χ1n) is 8.34. The van der Waals surface area contributed by atoms with Crippen LogP contribution in [0, 0.1) is 5.82 Å².